The summed E-state index contributed by atoms with van der Waals surface area (Å²) in [5, 5.41) is 0. The third-order valence-electron chi connectivity index (χ3n) is 2.56. The van der Waals surface area contributed by atoms with Gasteiger partial charge in [0.2, 0.25) is 0 Å². The van der Waals surface area contributed by atoms with Crippen molar-refractivity contribution < 1.29 is 4.74 Å². The third kappa shape index (κ3) is 2.50. The normalized spacial score (nSPS) is 22.9. The molecule has 2 aliphatic rings. The summed E-state index contributed by atoms with van der Waals surface area (Å²) < 4.78 is 5.89. The second kappa shape index (κ2) is 4.34. The Kier molecular flexibility index (Phi) is 2.89. The molecule has 0 saturated heterocycles. The summed E-state index contributed by atoms with van der Waals surface area (Å²) in [5.41, 5.74) is 3.10. The Morgan fingerprint density at radius 3 is 2.77 bits per heavy atom. The molecule has 0 radical (unpaired) electrons. The third-order valence-corrected chi connectivity index (χ3v) is 2.56. The fraction of sp³-hybridized carbons (Fsp3) is 0.583. The summed E-state index contributed by atoms with van der Waals surface area (Å²) >= 11 is 0. The molecule has 0 spiro atoms. The Balaban J connectivity index is 1.84. The highest BCUT2D eigenvalue weighted by Gasteiger charge is 2.12. The topological polar surface area (TPSA) is 9.23 Å². The maximum atomic E-state index is 5.89. The molecule has 0 aromatic rings. The van der Waals surface area contributed by atoms with Crippen LogP contribution in [-0.2, 0) is 4.74 Å². The van der Waals surface area contributed by atoms with Crippen LogP contribution in [0.15, 0.2) is 29.7 Å². The quantitative estimate of drug-likeness (QED) is 0.586. The highest BCUT2D eigenvalue weighted by atomic mass is 16.5. The zero-order chi connectivity index (χ0) is 8.93. The van der Waals surface area contributed by atoms with E-state index in [1.807, 2.05) is 0 Å². The lowest BCUT2D eigenvalue weighted by Gasteiger charge is -2.21. The van der Waals surface area contributed by atoms with E-state index in [1.54, 1.807) is 0 Å². The van der Waals surface area contributed by atoms with E-state index in [9.17, 15) is 0 Å². The standard InChI is InChI=1S/C12H16O/c1-3-7-11(8-4-1)13-12-9-5-2-6-10-12/h5-7,12H,1,3-4,8-10H2. The van der Waals surface area contributed by atoms with Gasteiger partial charge in [-0.3, -0.25) is 0 Å². The molecule has 0 N–H and O–H groups in total. The SMILES string of the molecule is C1=CCC(OC2=CCCCC2)CC=1. The fourth-order valence-electron chi connectivity index (χ4n) is 1.80. The predicted molar refractivity (Wildman–Crippen MR) is 53.3 cm³/mol. The van der Waals surface area contributed by atoms with Crippen LogP contribution in [0, 0.1) is 0 Å². The predicted octanol–water partition coefficient (Wildman–Crippen LogP) is 3.33. The van der Waals surface area contributed by atoms with Crippen molar-refractivity contribution in [1.82, 2.24) is 0 Å². The zero-order valence-corrected chi connectivity index (χ0v) is 7.96. The van der Waals surface area contributed by atoms with E-state index in [-0.39, 0.29) is 0 Å². The van der Waals surface area contributed by atoms with Gasteiger partial charge in [-0.2, -0.15) is 0 Å². The van der Waals surface area contributed by atoms with Gasteiger partial charge in [0.15, 0.2) is 0 Å². The Morgan fingerprint density at radius 2 is 2.08 bits per heavy atom. The monoisotopic (exact) mass is 176 g/mol. The lowest BCUT2D eigenvalue weighted by atomic mass is 10.1. The van der Waals surface area contributed by atoms with Gasteiger partial charge in [0.25, 0.3) is 0 Å². The number of hydrogen-bond acceptors (Lipinski definition) is 1. The van der Waals surface area contributed by atoms with Gasteiger partial charge in [0.05, 0.1) is 5.76 Å². The lowest BCUT2D eigenvalue weighted by Crippen LogP contribution is -2.13. The number of hydrogen-bond donors (Lipinski definition) is 0. The minimum Gasteiger partial charge on any atom is -0.494 e. The molecule has 0 fully saturated rings. The second-order valence-electron chi connectivity index (χ2n) is 3.70. The summed E-state index contributed by atoms with van der Waals surface area (Å²) in [7, 11) is 0. The van der Waals surface area contributed by atoms with Crippen LogP contribution in [0.25, 0.3) is 0 Å². The molecule has 1 heteroatoms. The first-order valence-electron chi connectivity index (χ1n) is 5.20. The van der Waals surface area contributed by atoms with Crippen LogP contribution in [0.1, 0.15) is 38.5 Å². The Bertz CT molecular complexity index is 246. The maximum Gasteiger partial charge on any atom is 0.106 e. The first-order chi connectivity index (χ1) is 6.45. The second-order valence-corrected chi connectivity index (χ2v) is 3.70. The zero-order valence-electron chi connectivity index (χ0n) is 7.96. The van der Waals surface area contributed by atoms with Crippen molar-refractivity contribution in [3.8, 4) is 0 Å². The molecule has 0 aliphatic heterocycles. The van der Waals surface area contributed by atoms with Crippen LogP contribution in [0.2, 0.25) is 0 Å². The average Bonchev–Trinajstić information content (AvgIpc) is 2.21. The smallest absolute Gasteiger partial charge is 0.106 e. The molecular formula is C12H16O. The fourth-order valence-corrected chi connectivity index (χ4v) is 1.80. The molecule has 70 valence electrons. The molecule has 2 rings (SSSR count). The molecule has 0 unspecified atom stereocenters. The first-order valence-corrected chi connectivity index (χ1v) is 5.20. The van der Waals surface area contributed by atoms with Gasteiger partial charge in [-0.1, -0.05) is 0 Å². The Morgan fingerprint density at radius 1 is 1.23 bits per heavy atom. The minimum absolute atomic E-state index is 0.380. The molecule has 1 nitrogen and oxygen atoms in total. The van der Waals surface area contributed by atoms with E-state index in [2.05, 4.69) is 24.0 Å². The van der Waals surface area contributed by atoms with E-state index in [4.69, 9.17) is 4.74 Å². The van der Waals surface area contributed by atoms with Gasteiger partial charge in [-0.25, -0.2) is 0 Å². The molecule has 0 aromatic carbocycles. The van der Waals surface area contributed by atoms with Gasteiger partial charge in [0, 0.05) is 19.3 Å². The van der Waals surface area contributed by atoms with Crippen molar-refractivity contribution in [2.45, 2.75) is 44.6 Å². The van der Waals surface area contributed by atoms with Crippen LogP contribution >= 0.6 is 0 Å². The van der Waals surface area contributed by atoms with Gasteiger partial charge < -0.3 is 4.74 Å². The van der Waals surface area contributed by atoms with Crippen LogP contribution in [0.3, 0.4) is 0 Å². The molecule has 0 saturated carbocycles. The van der Waals surface area contributed by atoms with Crippen molar-refractivity contribution in [3.05, 3.63) is 29.7 Å². The highest BCUT2D eigenvalue weighted by Crippen LogP contribution is 2.22. The Hall–Kier alpha value is -0.940. The number of ether oxygens (including phenoxy) is 1. The van der Waals surface area contributed by atoms with Gasteiger partial charge in [0.1, 0.15) is 6.10 Å². The van der Waals surface area contributed by atoms with Crippen LogP contribution < -0.4 is 0 Å². The number of rotatable bonds is 2. The van der Waals surface area contributed by atoms with Crippen molar-refractivity contribution in [2.24, 2.45) is 0 Å². The van der Waals surface area contributed by atoms with E-state index < -0.39 is 0 Å². The summed E-state index contributed by atoms with van der Waals surface area (Å²) in [6, 6.07) is 0. The lowest BCUT2D eigenvalue weighted by molar-refractivity contribution is 0.108. The molecule has 13 heavy (non-hydrogen) atoms. The molecule has 0 bridgehead atoms. The van der Waals surface area contributed by atoms with Gasteiger partial charge in [-0.05, 0) is 37.5 Å². The van der Waals surface area contributed by atoms with Crippen molar-refractivity contribution >= 4 is 0 Å². The van der Waals surface area contributed by atoms with Crippen LogP contribution in [-0.4, -0.2) is 6.10 Å². The van der Waals surface area contributed by atoms with Crippen LogP contribution in [0.5, 0.6) is 0 Å². The van der Waals surface area contributed by atoms with Crippen molar-refractivity contribution in [3.63, 3.8) is 0 Å². The largest absolute Gasteiger partial charge is 0.494 e. The summed E-state index contributed by atoms with van der Waals surface area (Å²) in [6.45, 7) is 0. The Labute approximate surface area is 79.8 Å². The summed E-state index contributed by atoms with van der Waals surface area (Å²) in [4.78, 5) is 0. The van der Waals surface area contributed by atoms with Crippen molar-refractivity contribution in [1.29, 1.82) is 0 Å². The molecule has 0 heterocycles. The molecule has 0 aromatic heterocycles. The minimum atomic E-state index is 0.380. The maximum absolute atomic E-state index is 5.89. The molecular weight excluding hydrogens is 160 g/mol. The number of allylic oxidation sites excluding steroid dienone is 2. The van der Waals surface area contributed by atoms with E-state index in [0.29, 0.717) is 6.10 Å². The molecule has 2 aliphatic carbocycles. The first kappa shape index (κ1) is 8.65. The van der Waals surface area contributed by atoms with Crippen LogP contribution in [0.4, 0.5) is 0 Å². The van der Waals surface area contributed by atoms with Gasteiger partial charge >= 0.3 is 0 Å². The summed E-state index contributed by atoms with van der Waals surface area (Å²) in [5.74, 6) is 1.22. The molecule has 0 atom stereocenters. The molecule has 0 amide bonds. The van der Waals surface area contributed by atoms with E-state index >= 15 is 0 Å². The highest BCUT2D eigenvalue weighted by molar-refractivity contribution is 5.01. The van der Waals surface area contributed by atoms with E-state index in [1.165, 1.54) is 25.0 Å². The van der Waals surface area contributed by atoms with Gasteiger partial charge in [-0.15, -0.1) is 5.73 Å². The van der Waals surface area contributed by atoms with Crippen molar-refractivity contribution in [2.75, 3.05) is 0 Å². The van der Waals surface area contributed by atoms with E-state index in [0.717, 1.165) is 19.3 Å². The average molecular weight is 176 g/mol. The summed E-state index contributed by atoms with van der Waals surface area (Å²) in [6.07, 6.45) is 13.8.